The quantitative estimate of drug-likeness (QED) is 0.117. The van der Waals surface area contributed by atoms with E-state index in [0.717, 1.165) is 33.4 Å². The summed E-state index contributed by atoms with van der Waals surface area (Å²) in [7, 11) is 0. The molecule has 10 heteroatoms. The molecule has 0 fully saturated rings. The number of hydrogen-bond donors (Lipinski definition) is 1. The van der Waals surface area contributed by atoms with E-state index < -0.39 is 10.2 Å². The zero-order valence-electron chi connectivity index (χ0n) is 25.9. The van der Waals surface area contributed by atoms with Crippen LogP contribution in [-0.4, -0.2) is 15.2 Å². The fourth-order valence-electron chi connectivity index (χ4n) is 6.34. The van der Waals surface area contributed by atoms with Crippen molar-refractivity contribution in [2.45, 2.75) is 15.3 Å². The van der Waals surface area contributed by atoms with Gasteiger partial charge in [0.25, 0.3) is 0 Å². The smallest absolute Gasteiger partial charge is 0.210 e. The van der Waals surface area contributed by atoms with Gasteiger partial charge in [0.15, 0.2) is 0 Å². The van der Waals surface area contributed by atoms with Crippen molar-refractivity contribution in [1.82, 2.24) is 15.2 Å². The highest BCUT2D eigenvalue weighted by molar-refractivity contribution is 8.00. The van der Waals surface area contributed by atoms with E-state index in [1.165, 1.54) is 11.8 Å². The number of nitrogens with zero attached hydrogens (tertiary/aromatic N) is 2. The van der Waals surface area contributed by atoms with Crippen LogP contribution in [0, 0.1) is 0 Å². The van der Waals surface area contributed by atoms with Crippen LogP contribution in [0.1, 0.15) is 39.2 Å². The lowest BCUT2D eigenvalue weighted by molar-refractivity contribution is 0.683. The molecular formula is C40H25Cl6N3S. The number of H-pyrrole nitrogens is 1. The van der Waals surface area contributed by atoms with Crippen molar-refractivity contribution < 1.29 is 0 Å². The highest BCUT2D eigenvalue weighted by atomic mass is 35.5. The Balaban J connectivity index is 1.48. The Morgan fingerprint density at radius 3 is 0.920 bits per heavy atom. The van der Waals surface area contributed by atoms with Crippen LogP contribution in [0.4, 0.5) is 0 Å². The first-order chi connectivity index (χ1) is 24.2. The van der Waals surface area contributed by atoms with Gasteiger partial charge in [-0.15, -0.1) is 5.10 Å². The molecule has 1 N–H and O–H groups in total. The van der Waals surface area contributed by atoms with Gasteiger partial charge in [0.05, 0.1) is 4.75 Å². The van der Waals surface area contributed by atoms with E-state index in [1.54, 1.807) is 0 Å². The molecule has 0 aliphatic carbocycles. The Morgan fingerprint density at radius 2 is 0.640 bits per heavy atom. The normalized spacial score (nSPS) is 11.9. The average Bonchev–Trinajstić information content (AvgIpc) is 3.59. The molecule has 6 aromatic carbocycles. The molecule has 1 aromatic heterocycles. The average molecular weight is 792 g/mol. The molecule has 7 rings (SSSR count). The summed E-state index contributed by atoms with van der Waals surface area (Å²) in [6.45, 7) is 0. The molecule has 0 aliphatic heterocycles. The molecule has 248 valence electrons. The Kier molecular flexibility index (Phi) is 10.2. The van der Waals surface area contributed by atoms with Gasteiger partial charge in [0.2, 0.25) is 5.16 Å². The van der Waals surface area contributed by atoms with E-state index in [1.807, 2.05) is 146 Å². The number of nitrogens with one attached hydrogen (secondary N) is 1. The first-order valence-corrected chi connectivity index (χ1v) is 18.4. The Hall–Kier alpha value is -3.45. The molecule has 0 aliphatic rings. The highest BCUT2D eigenvalue weighted by Gasteiger charge is 2.44. The molecule has 50 heavy (non-hydrogen) atoms. The maximum absolute atomic E-state index is 6.42. The van der Waals surface area contributed by atoms with Crippen molar-refractivity contribution in [3.8, 4) is 0 Å². The van der Waals surface area contributed by atoms with E-state index in [9.17, 15) is 0 Å². The van der Waals surface area contributed by atoms with Crippen molar-refractivity contribution in [2.75, 3.05) is 0 Å². The third kappa shape index (κ3) is 6.67. The molecule has 7 aromatic rings. The minimum absolute atomic E-state index is 0.501. The van der Waals surface area contributed by atoms with Crippen LogP contribution in [0.15, 0.2) is 151 Å². The fraction of sp³-hybridized carbons (Fsp3) is 0.0500. The molecule has 0 radical (unpaired) electrons. The van der Waals surface area contributed by atoms with Crippen LogP contribution >= 0.6 is 81.4 Å². The Morgan fingerprint density at radius 1 is 0.380 bits per heavy atom. The lowest BCUT2D eigenvalue weighted by Gasteiger charge is -2.35. The number of aromatic nitrogens is 3. The summed E-state index contributed by atoms with van der Waals surface area (Å²) in [5.41, 5.74) is 4.66. The summed E-state index contributed by atoms with van der Waals surface area (Å²) in [4.78, 5) is 5.31. The van der Waals surface area contributed by atoms with Crippen molar-refractivity contribution in [3.05, 3.63) is 215 Å². The standard InChI is InChI=1S/C40H25Cl6N3S/c41-31-13-1-25(2-14-31)39(26-3-15-32(42)16-4-26,27-5-17-33(43)18-6-27)37-47-38(49-48-37)50-40(28-7-19-34(44)20-8-28,29-9-21-35(45)22-10-29)30-11-23-36(46)24-12-30/h1-24H,(H,47,48,49). The van der Waals surface area contributed by atoms with Crippen molar-refractivity contribution in [1.29, 1.82) is 0 Å². The van der Waals surface area contributed by atoms with Crippen molar-refractivity contribution in [3.63, 3.8) is 0 Å². The predicted octanol–water partition coefficient (Wildman–Crippen LogP) is 13.2. The summed E-state index contributed by atoms with van der Waals surface area (Å²) >= 11 is 40.0. The maximum atomic E-state index is 6.42. The summed E-state index contributed by atoms with van der Waals surface area (Å²) in [6, 6.07) is 46.6. The van der Waals surface area contributed by atoms with E-state index in [0.29, 0.717) is 41.1 Å². The van der Waals surface area contributed by atoms with Gasteiger partial charge in [-0.2, -0.15) is 0 Å². The second-order valence-corrected chi connectivity index (χ2v) is 15.3. The fourth-order valence-corrected chi connectivity index (χ4v) is 8.36. The second-order valence-electron chi connectivity index (χ2n) is 11.5. The van der Waals surface area contributed by atoms with Gasteiger partial charge in [0.1, 0.15) is 11.2 Å². The van der Waals surface area contributed by atoms with E-state index in [-0.39, 0.29) is 0 Å². The first-order valence-electron chi connectivity index (χ1n) is 15.4. The molecule has 1 heterocycles. The largest absolute Gasteiger partial charge is 0.261 e. The van der Waals surface area contributed by atoms with E-state index >= 15 is 0 Å². The Bertz CT molecular complexity index is 2000. The lowest BCUT2D eigenvalue weighted by Crippen LogP contribution is -2.32. The lowest BCUT2D eigenvalue weighted by atomic mass is 9.69. The number of halogens is 6. The summed E-state index contributed by atoms with van der Waals surface area (Å²) in [5.74, 6) is 0.587. The van der Waals surface area contributed by atoms with Gasteiger partial charge >= 0.3 is 0 Å². The molecule has 0 bridgehead atoms. The zero-order chi connectivity index (χ0) is 34.9. The van der Waals surface area contributed by atoms with Crippen LogP contribution < -0.4 is 0 Å². The van der Waals surface area contributed by atoms with Crippen LogP contribution in [-0.2, 0) is 10.2 Å². The van der Waals surface area contributed by atoms with Crippen molar-refractivity contribution >= 4 is 81.4 Å². The zero-order valence-corrected chi connectivity index (χ0v) is 31.3. The highest BCUT2D eigenvalue weighted by Crippen LogP contribution is 2.52. The molecule has 0 spiro atoms. The van der Waals surface area contributed by atoms with Crippen LogP contribution in [0.2, 0.25) is 30.1 Å². The number of benzene rings is 6. The molecule has 3 nitrogen and oxygen atoms in total. The number of hydrogen-bond acceptors (Lipinski definition) is 3. The van der Waals surface area contributed by atoms with Gasteiger partial charge in [-0.3, -0.25) is 5.10 Å². The second kappa shape index (κ2) is 14.7. The minimum atomic E-state index is -0.963. The van der Waals surface area contributed by atoms with E-state index in [4.69, 9.17) is 79.7 Å². The summed E-state index contributed by atoms with van der Waals surface area (Å²) in [5, 5.41) is 12.5. The number of thioether (sulfide) groups is 1. The first kappa shape index (κ1) is 35.0. The predicted molar refractivity (Wildman–Crippen MR) is 210 cm³/mol. The molecule has 0 saturated heterocycles. The third-order valence-electron chi connectivity index (χ3n) is 8.65. The Labute approximate surface area is 324 Å². The third-order valence-corrected chi connectivity index (χ3v) is 11.5. The van der Waals surface area contributed by atoms with Gasteiger partial charge in [0, 0.05) is 30.1 Å². The molecular weight excluding hydrogens is 767 g/mol. The summed E-state index contributed by atoms with van der Waals surface area (Å²) in [6.07, 6.45) is 0. The molecule has 0 saturated carbocycles. The number of rotatable bonds is 9. The van der Waals surface area contributed by atoms with Crippen LogP contribution in [0.25, 0.3) is 0 Å². The monoisotopic (exact) mass is 789 g/mol. The van der Waals surface area contributed by atoms with Gasteiger partial charge in [-0.25, -0.2) is 4.98 Å². The molecule has 0 atom stereocenters. The number of aromatic amines is 1. The van der Waals surface area contributed by atoms with E-state index in [2.05, 4.69) is 5.10 Å². The minimum Gasteiger partial charge on any atom is -0.261 e. The molecule has 0 unspecified atom stereocenters. The van der Waals surface area contributed by atoms with Gasteiger partial charge in [-0.05, 0) is 106 Å². The van der Waals surface area contributed by atoms with Crippen molar-refractivity contribution in [2.24, 2.45) is 0 Å². The van der Waals surface area contributed by atoms with Crippen LogP contribution in [0.3, 0.4) is 0 Å². The van der Waals surface area contributed by atoms with Crippen LogP contribution in [0.5, 0.6) is 0 Å². The summed E-state index contributed by atoms with van der Waals surface area (Å²) < 4.78 is -0.845. The SMILES string of the molecule is Clc1ccc(C(Sc2n[nH]c(C(c3ccc(Cl)cc3)(c3ccc(Cl)cc3)c3ccc(Cl)cc3)n2)(c2ccc(Cl)cc2)c2ccc(Cl)cc2)cc1. The van der Waals surface area contributed by atoms with Gasteiger partial charge in [-0.1, -0.05) is 154 Å². The topological polar surface area (TPSA) is 41.6 Å². The maximum Gasteiger partial charge on any atom is 0.210 e. The van der Waals surface area contributed by atoms with Gasteiger partial charge < -0.3 is 0 Å². The molecule has 0 amide bonds.